The summed E-state index contributed by atoms with van der Waals surface area (Å²) in [7, 11) is 0. The molecule has 1 saturated carbocycles. The molecule has 1 unspecified atom stereocenters. The largest absolute Gasteiger partial charge is 0.481 e. The van der Waals surface area contributed by atoms with Gasteiger partial charge in [-0.2, -0.15) is 0 Å². The molecule has 1 aliphatic carbocycles. The molecule has 17 heavy (non-hydrogen) atoms. The Labute approximate surface area is 102 Å². The molecule has 4 heteroatoms. The molecular weight excluding hydrogens is 218 g/mol. The van der Waals surface area contributed by atoms with Crippen molar-refractivity contribution in [3.05, 3.63) is 0 Å². The van der Waals surface area contributed by atoms with E-state index in [1.807, 2.05) is 6.92 Å². The van der Waals surface area contributed by atoms with Crippen molar-refractivity contribution in [1.29, 1.82) is 0 Å². The minimum absolute atomic E-state index is 0.0571. The molecular formula is C13H19NO3. The van der Waals surface area contributed by atoms with Gasteiger partial charge in [0.05, 0.1) is 11.8 Å². The Bertz CT molecular complexity index is 367. The predicted octanol–water partition coefficient (Wildman–Crippen LogP) is 1.26. The lowest BCUT2D eigenvalue weighted by atomic mass is 10.1. The highest BCUT2D eigenvalue weighted by Gasteiger charge is 2.65. The van der Waals surface area contributed by atoms with Crippen molar-refractivity contribution in [1.82, 2.24) is 5.32 Å². The Hall–Kier alpha value is -1.50. The molecule has 3 atom stereocenters. The minimum atomic E-state index is -0.903. The van der Waals surface area contributed by atoms with Crippen LogP contribution in [0.25, 0.3) is 0 Å². The van der Waals surface area contributed by atoms with E-state index in [0.29, 0.717) is 6.42 Å². The fourth-order valence-electron chi connectivity index (χ4n) is 2.32. The Kier molecular flexibility index (Phi) is 3.82. The Morgan fingerprint density at radius 1 is 1.47 bits per heavy atom. The summed E-state index contributed by atoms with van der Waals surface area (Å²) in [6.07, 6.45) is 6.44. The molecule has 0 heterocycles. The number of nitrogens with one attached hydrogen (secondary N) is 1. The number of carbonyl (C=O) groups excluding carboxylic acids is 1. The van der Waals surface area contributed by atoms with Crippen LogP contribution in [0.2, 0.25) is 0 Å². The maximum atomic E-state index is 11.9. The fraction of sp³-hybridized carbons (Fsp3) is 0.692. The van der Waals surface area contributed by atoms with Crippen molar-refractivity contribution >= 4 is 11.9 Å². The number of hydrogen-bond donors (Lipinski definition) is 2. The monoisotopic (exact) mass is 237 g/mol. The second-order valence-electron chi connectivity index (χ2n) is 5.14. The van der Waals surface area contributed by atoms with E-state index in [4.69, 9.17) is 11.5 Å². The molecule has 1 rings (SSSR count). The van der Waals surface area contributed by atoms with Gasteiger partial charge in [0, 0.05) is 12.5 Å². The lowest BCUT2D eigenvalue weighted by molar-refractivity contribution is -0.140. The molecule has 0 aromatic rings. The van der Waals surface area contributed by atoms with Gasteiger partial charge in [0.25, 0.3) is 0 Å². The lowest BCUT2D eigenvalue weighted by Crippen LogP contribution is -2.36. The summed E-state index contributed by atoms with van der Waals surface area (Å²) in [6, 6.07) is -0.0571. The summed E-state index contributed by atoms with van der Waals surface area (Å²) in [5, 5.41) is 11.8. The van der Waals surface area contributed by atoms with Crippen molar-refractivity contribution in [3.63, 3.8) is 0 Å². The normalized spacial score (nSPS) is 26.7. The topological polar surface area (TPSA) is 66.4 Å². The van der Waals surface area contributed by atoms with Crippen LogP contribution in [-0.2, 0) is 9.59 Å². The molecule has 0 aromatic heterocycles. The van der Waals surface area contributed by atoms with Gasteiger partial charge in [-0.15, -0.1) is 12.3 Å². The third-order valence-corrected chi connectivity index (χ3v) is 3.58. The summed E-state index contributed by atoms with van der Waals surface area (Å²) in [5.41, 5.74) is -0.454. The third kappa shape index (κ3) is 2.60. The van der Waals surface area contributed by atoms with E-state index in [1.165, 1.54) is 0 Å². The Morgan fingerprint density at radius 3 is 2.41 bits per heavy atom. The fourth-order valence-corrected chi connectivity index (χ4v) is 2.32. The number of rotatable bonds is 5. The van der Waals surface area contributed by atoms with Gasteiger partial charge in [-0.25, -0.2) is 0 Å². The van der Waals surface area contributed by atoms with E-state index < -0.39 is 23.2 Å². The maximum Gasteiger partial charge on any atom is 0.307 e. The molecule has 0 aliphatic heterocycles. The van der Waals surface area contributed by atoms with E-state index in [2.05, 4.69) is 11.2 Å². The highest BCUT2D eigenvalue weighted by atomic mass is 16.4. The highest BCUT2D eigenvalue weighted by molar-refractivity contribution is 5.91. The first-order valence-electron chi connectivity index (χ1n) is 5.82. The molecule has 94 valence electrons. The van der Waals surface area contributed by atoms with Crippen LogP contribution in [0.1, 0.15) is 33.6 Å². The zero-order valence-corrected chi connectivity index (χ0v) is 10.5. The van der Waals surface area contributed by atoms with Gasteiger partial charge in [-0.05, 0) is 11.8 Å². The maximum absolute atomic E-state index is 11.9. The molecule has 4 nitrogen and oxygen atoms in total. The van der Waals surface area contributed by atoms with Gasteiger partial charge in [0.15, 0.2) is 0 Å². The lowest BCUT2D eigenvalue weighted by Gasteiger charge is -2.14. The molecule has 0 bridgehead atoms. The van der Waals surface area contributed by atoms with Crippen LogP contribution < -0.4 is 5.32 Å². The van der Waals surface area contributed by atoms with Crippen molar-refractivity contribution in [2.24, 2.45) is 17.3 Å². The highest BCUT2D eigenvalue weighted by Crippen LogP contribution is 2.58. The average molecular weight is 237 g/mol. The number of carbonyl (C=O) groups is 2. The van der Waals surface area contributed by atoms with Crippen molar-refractivity contribution in [3.8, 4) is 12.3 Å². The Balaban J connectivity index is 2.61. The number of carboxylic acids is 1. The van der Waals surface area contributed by atoms with Crippen molar-refractivity contribution in [2.75, 3.05) is 0 Å². The molecule has 0 spiro atoms. The number of hydrogen-bond acceptors (Lipinski definition) is 2. The quantitative estimate of drug-likeness (QED) is 0.707. The van der Waals surface area contributed by atoms with Gasteiger partial charge >= 0.3 is 5.97 Å². The van der Waals surface area contributed by atoms with E-state index in [9.17, 15) is 9.59 Å². The molecule has 2 N–H and O–H groups in total. The first-order chi connectivity index (χ1) is 7.86. The number of amides is 1. The summed E-state index contributed by atoms with van der Waals surface area (Å²) in [6.45, 7) is 5.55. The first-order valence-corrected chi connectivity index (χ1v) is 5.82. The summed E-state index contributed by atoms with van der Waals surface area (Å²) < 4.78 is 0. The van der Waals surface area contributed by atoms with E-state index >= 15 is 0 Å². The van der Waals surface area contributed by atoms with Crippen LogP contribution in [0.4, 0.5) is 0 Å². The summed E-state index contributed by atoms with van der Waals surface area (Å²) >= 11 is 0. The minimum Gasteiger partial charge on any atom is -0.481 e. The van der Waals surface area contributed by atoms with Crippen molar-refractivity contribution < 1.29 is 14.7 Å². The summed E-state index contributed by atoms with van der Waals surface area (Å²) in [5.74, 6) is 0.398. The van der Waals surface area contributed by atoms with Gasteiger partial charge in [0.1, 0.15) is 0 Å². The SMILES string of the molecule is C#CCC(CC)NC(=O)[C@H]1[C@@H](C(=O)O)C1(C)C. The van der Waals surface area contributed by atoms with Crippen LogP contribution in [-0.4, -0.2) is 23.0 Å². The van der Waals surface area contributed by atoms with E-state index in [0.717, 1.165) is 6.42 Å². The van der Waals surface area contributed by atoms with E-state index in [1.54, 1.807) is 13.8 Å². The van der Waals surface area contributed by atoms with Crippen molar-refractivity contribution in [2.45, 2.75) is 39.7 Å². The van der Waals surface area contributed by atoms with Crippen LogP contribution in [0.3, 0.4) is 0 Å². The first kappa shape index (κ1) is 13.6. The van der Waals surface area contributed by atoms with Gasteiger partial charge < -0.3 is 10.4 Å². The van der Waals surface area contributed by atoms with E-state index in [-0.39, 0.29) is 11.9 Å². The third-order valence-electron chi connectivity index (χ3n) is 3.58. The molecule has 0 radical (unpaired) electrons. The Morgan fingerprint density at radius 2 is 2.06 bits per heavy atom. The van der Waals surface area contributed by atoms with Crippen LogP contribution in [0, 0.1) is 29.6 Å². The van der Waals surface area contributed by atoms with Crippen LogP contribution in [0.5, 0.6) is 0 Å². The average Bonchev–Trinajstić information content (AvgIpc) is 2.81. The molecule has 1 amide bonds. The molecule has 1 aliphatic rings. The number of carboxylic acid groups (broad SMARTS) is 1. The van der Waals surface area contributed by atoms with Crippen LogP contribution >= 0.6 is 0 Å². The zero-order valence-electron chi connectivity index (χ0n) is 10.5. The molecule has 1 fully saturated rings. The molecule has 0 aromatic carbocycles. The second kappa shape index (κ2) is 4.79. The predicted molar refractivity (Wildman–Crippen MR) is 64.1 cm³/mol. The van der Waals surface area contributed by atoms with Crippen LogP contribution in [0.15, 0.2) is 0 Å². The number of aliphatic carboxylic acids is 1. The smallest absolute Gasteiger partial charge is 0.307 e. The molecule has 0 saturated heterocycles. The summed E-state index contributed by atoms with van der Waals surface area (Å²) in [4.78, 5) is 22.9. The van der Waals surface area contributed by atoms with Gasteiger partial charge in [-0.3, -0.25) is 9.59 Å². The van der Waals surface area contributed by atoms with Gasteiger partial charge in [-0.1, -0.05) is 20.8 Å². The zero-order chi connectivity index (χ0) is 13.2. The second-order valence-corrected chi connectivity index (χ2v) is 5.14. The number of terminal acetylenes is 1. The standard InChI is InChI=1S/C13H19NO3/c1-5-7-8(6-2)14-11(15)9-10(12(16)17)13(9,3)4/h1,8-10H,6-7H2,2-4H3,(H,14,15)(H,16,17)/t8?,9-,10+/m1/s1. The van der Waals surface area contributed by atoms with Gasteiger partial charge in [0.2, 0.25) is 5.91 Å².